The van der Waals surface area contributed by atoms with Crippen molar-refractivity contribution in [1.29, 1.82) is 0 Å². The van der Waals surface area contributed by atoms with Crippen molar-refractivity contribution in [1.82, 2.24) is 10.6 Å². The minimum absolute atomic E-state index is 0.0105. The van der Waals surface area contributed by atoms with Crippen LogP contribution in [0.4, 0.5) is 4.79 Å². The molecule has 0 aliphatic heterocycles. The zero-order valence-corrected chi connectivity index (χ0v) is 48.8. The van der Waals surface area contributed by atoms with Gasteiger partial charge in [-0.05, 0) is 144 Å². The molecular weight excluding hydrogens is 949 g/mol. The second-order valence-corrected chi connectivity index (χ2v) is 37.3. The molecule has 5 unspecified atom stereocenters. The molecule has 2 aliphatic carbocycles. The Morgan fingerprint density at radius 3 is 1.87 bits per heavy atom. The van der Waals surface area contributed by atoms with Gasteiger partial charge in [0.25, 0.3) is 0 Å². The predicted molar refractivity (Wildman–Crippen MR) is 278 cm³/mol. The number of carbonyl (C=O) groups excluding carboxylic acids is 6. The number of nitrogens with one attached hydrogen (secondary N) is 2. The second-order valence-electron chi connectivity index (χ2n) is 24.4. The first kappa shape index (κ1) is 63.0. The van der Waals surface area contributed by atoms with Crippen LogP contribution >= 0.6 is 0 Å². The standard InChI is InChI=1S/C51H94N2O14Si3/c1-16-20-44(56)62-26-27-63-45(57)22-23-50(7)33-40(32-49(5,6)36-50)53-47(59)64-35-41(34-60-24-19-28-70(15,66-68(9,10)11)67-69(12,13)14)65-46(58)29-39-30-48(3,4)37-51(8,31-39)38-52-42(54)21-18-25-61-43(55)17-2/h17,39-41H,2,16,18-38H2,1,3-15H3,(H,52,54)(H,53,59). The highest BCUT2D eigenvalue weighted by molar-refractivity contribution is 6.87. The maximum absolute atomic E-state index is 13.8. The molecule has 0 heterocycles. The third kappa shape index (κ3) is 27.6. The average molecular weight is 1040 g/mol. The highest BCUT2D eigenvalue weighted by Gasteiger charge is 2.44. The number of esters is 4. The van der Waals surface area contributed by atoms with Gasteiger partial charge >= 0.3 is 38.5 Å². The monoisotopic (exact) mass is 1040 g/mol. The highest BCUT2D eigenvalue weighted by Crippen LogP contribution is 2.50. The predicted octanol–water partition coefficient (Wildman–Crippen LogP) is 9.91. The Morgan fingerprint density at radius 2 is 1.27 bits per heavy atom. The molecule has 2 fully saturated rings. The van der Waals surface area contributed by atoms with Crippen molar-refractivity contribution < 1.29 is 65.4 Å². The largest absolute Gasteiger partial charge is 0.463 e. The molecule has 2 saturated carbocycles. The molecule has 404 valence electrons. The SMILES string of the molecule is C=CC(=O)OCCCC(=O)NCC1(C)CC(CC(=O)OC(COCCC[Si](C)(O[Si](C)(C)C)O[Si](C)(C)C)COC(=O)NC2CC(C)(C)CC(C)(CCC(=O)OCCOC(=O)CCC)C2)CC(C)(C)C1. The van der Waals surface area contributed by atoms with E-state index in [9.17, 15) is 28.8 Å². The van der Waals surface area contributed by atoms with Crippen LogP contribution in [0.2, 0.25) is 51.9 Å². The Morgan fingerprint density at radius 1 is 0.671 bits per heavy atom. The lowest BCUT2D eigenvalue weighted by molar-refractivity contribution is -0.157. The van der Waals surface area contributed by atoms with Crippen LogP contribution in [0.3, 0.4) is 0 Å². The van der Waals surface area contributed by atoms with E-state index >= 15 is 0 Å². The third-order valence-electron chi connectivity index (χ3n) is 12.4. The van der Waals surface area contributed by atoms with Crippen LogP contribution in [0.5, 0.6) is 0 Å². The fraction of sp³-hybridized carbons (Fsp3) is 0.843. The summed E-state index contributed by atoms with van der Waals surface area (Å²) < 4.78 is 46.8. The minimum atomic E-state index is -2.49. The second kappa shape index (κ2) is 28.4. The smallest absolute Gasteiger partial charge is 0.407 e. The van der Waals surface area contributed by atoms with E-state index in [0.29, 0.717) is 64.5 Å². The summed E-state index contributed by atoms with van der Waals surface area (Å²) in [5.74, 6) is -1.73. The first-order chi connectivity index (χ1) is 32.3. The molecule has 0 bridgehead atoms. The van der Waals surface area contributed by atoms with Gasteiger partial charge in [-0.2, -0.15) is 0 Å². The average Bonchev–Trinajstić information content (AvgIpc) is 3.18. The van der Waals surface area contributed by atoms with Crippen LogP contribution in [-0.2, 0) is 60.6 Å². The molecule has 0 radical (unpaired) electrons. The topological polar surface area (TPSA) is 200 Å². The van der Waals surface area contributed by atoms with Crippen LogP contribution in [0.1, 0.15) is 138 Å². The summed E-state index contributed by atoms with van der Waals surface area (Å²) >= 11 is 0. The first-order valence-corrected chi connectivity index (χ1v) is 35.1. The van der Waals surface area contributed by atoms with Gasteiger partial charge in [0.2, 0.25) is 5.91 Å². The molecule has 16 nitrogen and oxygen atoms in total. The molecule has 2 N–H and O–H groups in total. The van der Waals surface area contributed by atoms with E-state index < -0.39 is 49.3 Å². The van der Waals surface area contributed by atoms with Gasteiger partial charge in [-0.3, -0.25) is 19.2 Å². The van der Waals surface area contributed by atoms with Crippen molar-refractivity contribution in [3.05, 3.63) is 12.7 Å². The molecule has 0 spiro atoms. The van der Waals surface area contributed by atoms with Gasteiger partial charge in [-0.1, -0.05) is 55.0 Å². The van der Waals surface area contributed by atoms with Crippen molar-refractivity contribution >= 4 is 61.1 Å². The van der Waals surface area contributed by atoms with Crippen molar-refractivity contribution in [2.24, 2.45) is 27.6 Å². The summed E-state index contributed by atoms with van der Waals surface area (Å²) in [4.78, 5) is 75.7. The van der Waals surface area contributed by atoms with Crippen LogP contribution < -0.4 is 10.6 Å². The minimum Gasteiger partial charge on any atom is -0.463 e. The van der Waals surface area contributed by atoms with Gasteiger partial charge in [0.1, 0.15) is 19.8 Å². The Hall–Kier alpha value is -3.11. The van der Waals surface area contributed by atoms with Crippen LogP contribution in [0, 0.1) is 27.6 Å². The number of hydrogen-bond donors (Lipinski definition) is 2. The molecule has 2 aliphatic rings. The van der Waals surface area contributed by atoms with Gasteiger partial charge < -0.3 is 47.3 Å². The van der Waals surface area contributed by atoms with E-state index in [0.717, 1.165) is 31.4 Å². The van der Waals surface area contributed by atoms with Gasteiger partial charge in [-0.25, -0.2) is 9.59 Å². The Labute approximate surface area is 424 Å². The van der Waals surface area contributed by atoms with Gasteiger partial charge in [-0.15, -0.1) is 0 Å². The fourth-order valence-corrected chi connectivity index (χ4v) is 23.6. The lowest BCUT2D eigenvalue weighted by atomic mass is 9.60. The molecular formula is C51H94N2O14Si3. The van der Waals surface area contributed by atoms with Crippen LogP contribution in [0.25, 0.3) is 0 Å². The molecule has 0 aromatic carbocycles. The molecule has 5 atom stereocenters. The van der Waals surface area contributed by atoms with Crippen LogP contribution in [-0.4, -0.2) is 119 Å². The van der Waals surface area contributed by atoms with E-state index in [2.05, 4.69) is 105 Å². The van der Waals surface area contributed by atoms with Gasteiger partial charge in [0.15, 0.2) is 22.7 Å². The van der Waals surface area contributed by atoms with Crippen molar-refractivity contribution in [2.75, 3.05) is 46.2 Å². The van der Waals surface area contributed by atoms with Gasteiger partial charge in [0, 0.05) is 51.0 Å². The number of hydrogen-bond acceptors (Lipinski definition) is 14. The fourth-order valence-electron chi connectivity index (χ4n) is 11.1. The molecule has 70 heavy (non-hydrogen) atoms. The summed E-state index contributed by atoms with van der Waals surface area (Å²) in [6.45, 7) is 34.2. The van der Waals surface area contributed by atoms with E-state index in [-0.39, 0.29) is 104 Å². The number of rotatable bonds is 31. The Kier molecular flexibility index (Phi) is 25.5. The molecule has 0 aromatic rings. The molecule has 19 heteroatoms. The summed E-state index contributed by atoms with van der Waals surface area (Å²) in [5.41, 5.74) is -0.765. The molecule has 2 rings (SSSR count). The molecule has 0 aromatic heterocycles. The first-order valence-electron chi connectivity index (χ1n) is 25.7. The third-order valence-corrected chi connectivity index (χ3v) is 22.0. The zero-order valence-electron chi connectivity index (χ0n) is 45.8. The zero-order chi connectivity index (χ0) is 53.0. The lowest BCUT2D eigenvalue weighted by Gasteiger charge is -2.47. The number of carbonyl (C=O) groups is 6. The van der Waals surface area contributed by atoms with Crippen molar-refractivity contribution in [2.45, 2.75) is 202 Å². The number of amides is 2. The number of alkyl carbamates (subject to hydrolysis) is 1. The van der Waals surface area contributed by atoms with Crippen molar-refractivity contribution in [3.63, 3.8) is 0 Å². The van der Waals surface area contributed by atoms with E-state index in [1.54, 1.807) is 0 Å². The van der Waals surface area contributed by atoms with Crippen LogP contribution in [0.15, 0.2) is 12.7 Å². The molecule has 2 amide bonds. The maximum Gasteiger partial charge on any atom is 0.407 e. The summed E-state index contributed by atoms with van der Waals surface area (Å²) in [7, 11) is -6.27. The summed E-state index contributed by atoms with van der Waals surface area (Å²) in [5, 5.41) is 6.13. The molecule has 0 saturated heterocycles. The van der Waals surface area contributed by atoms with E-state index in [1.807, 2.05) is 6.92 Å². The van der Waals surface area contributed by atoms with E-state index in [4.69, 9.17) is 36.7 Å². The normalized spacial score (nSPS) is 22.7. The highest BCUT2D eigenvalue weighted by atomic mass is 28.5. The Bertz CT molecular complexity index is 1700. The van der Waals surface area contributed by atoms with Crippen molar-refractivity contribution in [3.8, 4) is 0 Å². The summed E-state index contributed by atoms with van der Waals surface area (Å²) in [6.07, 6.45) is 7.43. The summed E-state index contributed by atoms with van der Waals surface area (Å²) in [6, 6.07) is 0.527. The lowest BCUT2D eigenvalue weighted by Crippen LogP contribution is -2.52. The number of ether oxygens (including phenoxy) is 6. The van der Waals surface area contributed by atoms with E-state index in [1.165, 1.54) is 0 Å². The maximum atomic E-state index is 13.8. The Balaban J connectivity index is 2.11. The van der Waals surface area contributed by atoms with Gasteiger partial charge in [0.05, 0.1) is 13.2 Å². The quantitative estimate of drug-likeness (QED) is 0.0218.